The minimum Gasteiger partial charge on any atom is -0.392 e. The van der Waals surface area contributed by atoms with Crippen LogP contribution in [0.3, 0.4) is 0 Å². The molecule has 4 bridgehead atoms. The highest BCUT2D eigenvalue weighted by Gasteiger charge is 2.51. The van der Waals surface area contributed by atoms with Crippen molar-refractivity contribution in [1.82, 2.24) is 25.1 Å². The first kappa shape index (κ1) is 38.5. The first-order valence-corrected chi connectivity index (χ1v) is 22.0. The largest absolute Gasteiger partial charge is 0.392 e. The standard InChI is InChI=1S/C49H57N5O5/c1-31-44(29-53-20-18-40(19-21-53)54-43-9-5-4-8-42(43)51-48(54)57)58-46(59-45(31)37-12-10-32(30-55)11-13-37)38-16-14-36(15-17-38)41-7-3-2-6-39(41)28-50-47(56)52-49-25-33-22-34(26-49)24-35(23-33)27-49/h2-17,31,33-35,40,44-46,55H,18-30H2,1H3,(H,51,57)(H2,50,52,56). The van der Waals surface area contributed by atoms with Crippen LogP contribution in [0.4, 0.5) is 4.79 Å². The number of imidazole rings is 1. The Morgan fingerprint density at radius 1 is 0.831 bits per heavy atom. The number of nitrogens with one attached hydrogen (secondary N) is 3. The van der Waals surface area contributed by atoms with Gasteiger partial charge in [0.2, 0.25) is 0 Å². The van der Waals surface area contributed by atoms with E-state index in [-0.39, 0.29) is 48.0 Å². The van der Waals surface area contributed by atoms with Crippen molar-refractivity contribution in [2.75, 3.05) is 19.6 Å². The lowest BCUT2D eigenvalue weighted by molar-refractivity contribution is -0.276. The summed E-state index contributed by atoms with van der Waals surface area (Å²) in [6, 6.07) is 32.9. The molecule has 2 aliphatic heterocycles. The molecule has 2 amide bonds. The van der Waals surface area contributed by atoms with E-state index in [1.807, 2.05) is 47.0 Å². The number of H-pyrrole nitrogens is 1. The van der Waals surface area contributed by atoms with Crippen LogP contribution in [0.15, 0.2) is 102 Å². The fraction of sp³-hybridized carbons (Fsp3) is 0.469. The Kier molecular flexibility index (Phi) is 10.4. The van der Waals surface area contributed by atoms with Crippen LogP contribution >= 0.6 is 0 Å². The molecule has 3 heterocycles. The number of aromatic amines is 1. The normalized spacial score (nSPS) is 29.5. The van der Waals surface area contributed by atoms with Crippen molar-refractivity contribution in [3.05, 3.63) is 130 Å². The maximum atomic E-state index is 13.3. The first-order valence-electron chi connectivity index (χ1n) is 22.0. The SMILES string of the molecule is CC1C(CN2CCC(n3c(=O)[nH]c4ccccc43)CC2)OC(c2ccc(-c3ccccc3CNC(=O)NC34CC5CC(CC(C5)C3)C4)cc2)OC1c1ccc(CO)cc1. The van der Waals surface area contributed by atoms with Crippen molar-refractivity contribution in [2.45, 2.75) is 102 Å². The molecule has 4 aromatic carbocycles. The molecular formula is C49H57N5O5. The summed E-state index contributed by atoms with van der Waals surface area (Å²) in [5, 5.41) is 16.4. The molecule has 4 aliphatic carbocycles. The van der Waals surface area contributed by atoms with Crippen molar-refractivity contribution >= 4 is 17.1 Å². The van der Waals surface area contributed by atoms with Crippen LogP contribution in [-0.2, 0) is 22.6 Å². The van der Waals surface area contributed by atoms with Gasteiger partial charge in [-0.2, -0.15) is 0 Å². The maximum absolute atomic E-state index is 13.3. The Hall–Kier alpha value is -4.74. The molecule has 10 nitrogen and oxygen atoms in total. The number of piperidine rings is 1. The van der Waals surface area contributed by atoms with Crippen molar-refractivity contribution in [1.29, 1.82) is 0 Å². The molecule has 10 heteroatoms. The molecule has 308 valence electrons. The van der Waals surface area contributed by atoms with Gasteiger partial charge in [0.25, 0.3) is 0 Å². The number of aliphatic hydroxyl groups is 1. The van der Waals surface area contributed by atoms with Crippen LogP contribution in [-0.4, -0.2) is 56.9 Å². The summed E-state index contributed by atoms with van der Waals surface area (Å²) >= 11 is 0. The predicted octanol–water partition coefficient (Wildman–Crippen LogP) is 8.39. The summed E-state index contributed by atoms with van der Waals surface area (Å²) in [5.41, 5.74) is 7.91. The van der Waals surface area contributed by atoms with Crippen LogP contribution in [0.1, 0.15) is 99.0 Å². The summed E-state index contributed by atoms with van der Waals surface area (Å²) < 4.78 is 15.6. The minimum atomic E-state index is -0.569. The quantitative estimate of drug-likeness (QED) is 0.113. The van der Waals surface area contributed by atoms with Gasteiger partial charge in [-0.3, -0.25) is 4.57 Å². The van der Waals surface area contributed by atoms with E-state index >= 15 is 0 Å². The highest BCUT2D eigenvalue weighted by Crippen LogP contribution is 2.55. The fourth-order valence-electron chi connectivity index (χ4n) is 11.9. The molecule has 6 aliphatic rings. The van der Waals surface area contributed by atoms with Crippen LogP contribution in [0.2, 0.25) is 0 Å². The highest BCUT2D eigenvalue weighted by atomic mass is 16.7. The second-order valence-electron chi connectivity index (χ2n) is 18.5. The predicted molar refractivity (Wildman–Crippen MR) is 228 cm³/mol. The fourth-order valence-corrected chi connectivity index (χ4v) is 11.9. The number of rotatable bonds is 10. The molecule has 0 radical (unpaired) electrons. The topological polar surface area (TPSA) is 121 Å². The summed E-state index contributed by atoms with van der Waals surface area (Å²) in [7, 11) is 0. The zero-order chi connectivity index (χ0) is 40.1. The third kappa shape index (κ3) is 7.76. The summed E-state index contributed by atoms with van der Waals surface area (Å²) in [4.78, 5) is 31.8. The van der Waals surface area contributed by atoms with Gasteiger partial charge < -0.3 is 35.1 Å². The highest BCUT2D eigenvalue weighted by molar-refractivity contribution is 5.76. The number of carbonyl (C=O) groups excluding carboxylic acids is 1. The summed E-state index contributed by atoms with van der Waals surface area (Å²) in [6.45, 7) is 5.17. The van der Waals surface area contributed by atoms with Crippen molar-refractivity contribution in [3.8, 4) is 11.1 Å². The zero-order valence-electron chi connectivity index (χ0n) is 34.0. The number of likely N-dealkylation sites (tertiary alicyclic amines) is 1. The molecule has 59 heavy (non-hydrogen) atoms. The number of fused-ring (bicyclic) bond motifs is 1. The number of hydrogen-bond acceptors (Lipinski definition) is 6. The van der Waals surface area contributed by atoms with Gasteiger partial charge in [0.15, 0.2) is 6.29 Å². The first-order chi connectivity index (χ1) is 28.8. The van der Waals surface area contributed by atoms with Crippen LogP contribution < -0.4 is 16.3 Å². The third-order valence-corrected chi connectivity index (χ3v) is 14.5. The van der Waals surface area contributed by atoms with Gasteiger partial charge >= 0.3 is 11.7 Å². The molecule has 4 unspecified atom stereocenters. The number of hydrogen-bond donors (Lipinski definition) is 4. The lowest BCUT2D eigenvalue weighted by atomic mass is 9.53. The average Bonchev–Trinajstić information content (AvgIpc) is 3.59. The summed E-state index contributed by atoms with van der Waals surface area (Å²) in [6.07, 6.45) is 8.36. The van der Waals surface area contributed by atoms with Gasteiger partial charge in [-0.1, -0.05) is 91.9 Å². The molecule has 0 spiro atoms. The number of ether oxygens (including phenoxy) is 2. The number of aliphatic hydroxyl groups excluding tert-OH is 1. The van der Waals surface area contributed by atoms with Gasteiger partial charge in [-0.25, -0.2) is 9.59 Å². The molecule has 1 aromatic heterocycles. The monoisotopic (exact) mass is 795 g/mol. The third-order valence-electron chi connectivity index (χ3n) is 14.5. The Morgan fingerprint density at radius 3 is 2.20 bits per heavy atom. The Balaban J connectivity index is 0.827. The minimum absolute atomic E-state index is 0.00305. The lowest BCUT2D eigenvalue weighted by Gasteiger charge is -2.56. The second-order valence-corrected chi connectivity index (χ2v) is 18.5. The molecular weight excluding hydrogens is 739 g/mol. The Bertz CT molecular complexity index is 2290. The van der Waals surface area contributed by atoms with Gasteiger partial charge in [-0.05, 0) is 109 Å². The van der Waals surface area contributed by atoms with Gasteiger partial charge in [-0.15, -0.1) is 0 Å². The van der Waals surface area contributed by atoms with Gasteiger partial charge in [0.05, 0.1) is 29.8 Å². The number of para-hydroxylation sites is 2. The number of carbonyl (C=O) groups is 1. The summed E-state index contributed by atoms with van der Waals surface area (Å²) in [5.74, 6) is 2.41. The van der Waals surface area contributed by atoms with Gasteiger partial charge in [0.1, 0.15) is 0 Å². The van der Waals surface area contributed by atoms with Crippen molar-refractivity contribution in [3.63, 3.8) is 0 Å². The zero-order valence-corrected chi connectivity index (χ0v) is 34.0. The van der Waals surface area contributed by atoms with E-state index in [1.165, 1.54) is 19.3 Å². The molecule has 2 saturated heterocycles. The van der Waals surface area contributed by atoms with E-state index < -0.39 is 6.29 Å². The number of amides is 2. The van der Waals surface area contributed by atoms with Crippen LogP contribution in [0.25, 0.3) is 22.2 Å². The Morgan fingerprint density at radius 2 is 1.49 bits per heavy atom. The van der Waals surface area contributed by atoms with Crippen molar-refractivity contribution in [2.24, 2.45) is 23.7 Å². The molecule has 4 N–H and O–H groups in total. The van der Waals surface area contributed by atoms with E-state index in [9.17, 15) is 14.7 Å². The van der Waals surface area contributed by atoms with Crippen LogP contribution in [0, 0.1) is 23.7 Å². The molecule has 11 rings (SSSR count). The number of aromatic nitrogens is 2. The molecule has 4 saturated carbocycles. The number of nitrogens with zero attached hydrogens (tertiary/aromatic N) is 2. The molecule has 4 atom stereocenters. The number of benzene rings is 4. The maximum Gasteiger partial charge on any atom is 0.326 e. The van der Waals surface area contributed by atoms with Crippen molar-refractivity contribution < 1.29 is 19.4 Å². The lowest BCUT2D eigenvalue weighted by Crippen LogP contribution is -2.61. The van der Waals surface area contributed by atoms with E-state index in [2.05, 4.69) is 82.0 Å². The van der Waals surface area contributed by atoms with E-state index in [1.54, 1.807) is 0 Å². The van der Waals surface area contributed by atoms with Gasteiger partial charge in [0, 0.05) is 49.2 Å². The smallest absolute Gasteiger partial charge is 0.326 e. The molecule has 5 aromatic rings. The average molecular weight is 796 g/mol. The number of urea groups is 1. The van der Waals surface area contributed by atoms with E-state index in [4.69, 9.17) is 9.47 Å². The van der Waals surface area contributed by atoms with E-state index in [0.717, 1.165) is 114 Å². The second kappa shape index (κ2) is 16.0. The van der Waals surface area contributed by atoms with E-state index in [0.29, 0.717) is 6.54 Å². The molecule has 6 fully saturated rings. The van der Waals surface area contributed by atoms with Crippen LogP contribution in [0.5, 0.6) is 0 Å². The Labute approximate surface area is 346 Å².